The zero-order chi connectivity index (χ0) is 31.6. The number of carboxylic acid groups (broad SMARTS) is 1. The summed E-state index contributed by atoms with van der Waals surface area (Å²) in [4.78, 5) is 40.1. The Morgan fingerprint density at radius 1 is 1.07 bits per heavy atom. The van der Waals surface area contributed by atoms with Crippen molar-refractivity contribution in [1.29, 1.82) is 0 Å². The van der Waals surface area contributed by atoms with Crippen molar-refractivity contribution < 1.29 is 24.5 Å². The van der Waals surface area contributed by atoms with Gasteiger partial charge in [-0.15, -0.1) is 39.5 Å². The van der Waals surface area contributed by atoms with Crippen molar-refractivity contribution in [2.24, 2.45) is 17.8 Å². The van der Waals surface area contributed by atoms with Crippen LogP contribution in [0.1, 0.15) is 71.6 Å². The molecule has 5 atom stereocenters. The second-order valence-corrected chi connectivity index (χ2v) is 12.3. The molecule has 0 amide bonds. The number of methoxy groups -OCH3 is 1. The number of hydrogen-bond acceptors (Lipinski definition) is 4. The Kier molecular flexibility index (Phi) is 9.05. The first-order valence-electron chi connectivity index (χ1n) is 15.2. The number of carbonyl (C=O) groups is 2. The molecule has 3 aliphatic rings. The molecule has 2 N–H and O–H groups in total. The molecule has 6 rings (SSSR count). The molecule has 0 spiro atoms. The van der Waals surface area contributed by atoms with E-state index in [1.54, 1.807) is 0 Å². The Hall–Kier alpha value is -3.47. The van der Waals surface area contributed by atoms with Gasteiger partial charge >= 0.3 is 35.0 Å². The van der Waals surface area contributed by atoms with Crippen LogP contribution in [0.25, 0.3) is 34.9 Å². The molecular formula is C35H38MgN4O5-2. The molecule has 5 heterocycles. The van der Waals surface area contributed by atoms with Crippen LogP contribution in [0.15, 0.2) is 6.58 Å². The molecule has 232 valence electrons. The van der Waals surface area contributed by atoms with Gasteiger partial charge in [0, 0.05) is 11.6 Å². The third kappa shape index (κ3) is 5.20. The predicted molar refractivity (Wildman–Crippen MR) is 173 cm³/mol. The number of aliphatic hydroxyl groups excluding tert-OH is 1. The van der Waals surface area contributed by atoms with E-state index in [1.807, 2.05) is 32.1 Å². The molecule has 2 aliphatic heterocycles. The standard InChI is InChI=1S/C35H38N4O5.Mg/c1-8-19-15(3)22-12-24-17(5)21(10-11-28(40)41)32(38-24)30-31(35(43)44-7)34(42)29-18(6)25(39-33(29)30)14-27-20(9-2)16(4)23(37-27)13-26(19)36-22;/h8,13-14,17,21,24,31-32,42H,1,9-12H2,2-7H3,(H,40,41);/q-4;+2/b23-13-,27-14-;/t17-,21-,24?,31+,32?;/m0./s1. The van der Waals surface area contributed by atoms with E-state index in [-0.39, 0.29) is 53.1 Å². The monoisotopic (exact) mass is 618 g/mol. The first-order chi connectivity index (χ1) is 21.0. The van der Waals surface area contributed by atoms with Crippen molar-refractivity contribution in [3.63, 3.8) is 0 Å². The third-order valence-corrected chi connectivity index (χ3v) is 10.1. The van der Waals surface area contributed by atoms with E-state index >= 15 is 0 Å². The van der Waals surface area contributed by atoms with Crippen molar-refractivity contribution in [3.8, 4) is 0 Å². The minimum absolute atomic E-state index is 0. The number of ether oxygens (including phenoxy) is 1. The maximum atomic E-state index is 13.3. The number of esters is 1. The van der Waals surface area contributed by atoms with Gasteiger partial charge in [0.25, 0.3) is 0 Å². The fourth-order valence-electron chi connectivity index (χ4n) is 7.60. The summed E-state index contributed by atoms with van der Waals surface area (Å²) in [6.45, 7) is 14.3. The fraction of sp³-hybridized carbons (Fsp3) is 0.429. The third-order valence-electron chi connectivity index (χ3n) is 10.1. The topological polar surface area (TPSA) is 140 Å². The van der Waals surface area contributed by atoms with Crippen molar-refractivity contribution in [2.45, 2.75) is 72.4 Å². The maximum absolute atomic E-state index is 13.3. The molecule has 8 bridgehead atoms. The summed E-state index contributed by atoms with van der Waals surface area (Å²) in [6.07, 6.45) is 7.47. The Bertz CT molecular complexity index is 1960. The van der Waals surface area contributed by atoms with Crippen LogP contribution in [0.3, 0.4) is 0 Å². The van der Waals surface area contributed by atoms with E-state index in [4.69, 9.17) is 25.0 Å². The zero-order valence-corrected chi connectivity index (χ0v) is 28.2. The van der Waals surface area contributed by atoms with E-state index in [1.165, 1.54) is 7.11 Å². The second-order valence-electron chi connectivity index (χ2n) is 12.3. The maximum Gasteiger partial charge on any atom is 2.00 e. The van der Waals surface area contributed by atoms with Gasteiger partial charge < -0.3 is 35.2 Å². The SMILES string of the molecule is C=Cc1c2[n-]c(c1C)CC1[N-]C(C3=c4[n-]c(c(C)c4=C(O)[C@@H]3C(=O)OC)/C=c3\[n-]/c(c(C)c3CC)=C\2)[C@@H](CCC(=O)O)[C@@H]1C.[Mg+2]. The van der Waals surface area contributed by atoms with Crippen molar-refractivity contribution in [1.82, 2.24) is 15.0 Å². The van der Waals surface area contributed by atoms with E-state index in [0.717, 1.165) is 56.3 Å². The Labute approximate surface area is 278 Å². The largest absolute Gasteiger partial charge is 2.00 e. The van der Waals surface area contributed by atoms with Crippen LogP contribution in [-0.2, 0) is 27.2 Å². The van der Waals surface area contributed by atoms with Gasteiger partial charge in [-0.05, 0) is 39.2 Å². The van der Waals surface area contributed by atoms with E-state index in [0.29, 0.717) is 34.7 Å². The summed E-state index contributed by atoms with van der Waals surface area (Å²) in [6, 6.07) is -0.726. The van der Waals surface area contributed by atoms with Crippen LogP contribution in [0.5, 0.6) is 0 Å². The summed E-state index contributed by atoms with van der Waals surface area (Å²) in [5.41, 5.74) is 7.87. The first-order valence-corrected chi connectivity index (χ1v) is 15.2. The number of aliphatic carboxylic acids is 1. The summed E-state index contributed by atoms with van der Waals surface area (Å²) < 4.78 is 5.18. The van der Waals surface area contributed by atoms with Crippen LogP contribution in [0.2, 0.25) is 0 Å². The fourth-order valence-corrected chi connectivity index (χ4v) is 7.60. The molecule has 0 saturated carbocycles. The van der Waals surface area contributed by atoms with Gasteiger partial charge in [0.2, 0.25) is 0 Å². The minimum atomic E-state index is -1.05. The number of carbonyl (C=O) groups excluding carboxylic acids is 1. The Balaban J connectivity index is 0.00000400. The molecule has 1 fully saturated rings. The normalized spacial score (nSPS) is 24.8. The van der Waals surface area contributed by atoms with Gasteiger partial charge in [-0.2, -0.15) is 5.69 Å². The molecule has 3 aromatic heterocycles. The van der Waals surface area contributed by atoms with Crippen molar-refractivity contribution >= 4 is 64.6 Å². The summed E-state index contributed by atoms with van der Waals surface area (Å²) >= 11 is 0. The van der Waals surface area contributed by atoms with Crippen LogP contribution in [-0.4, -0.2) is 64.4 Å². The second kappa shape index (κ2) is 12.4. The molecule has 2 unspecified atom stereocenters. The average molecular weight is 619 g/mol. The molecule has 0 aromatic carbocycles. The number of carboxylic acids is 1. The molecule has 1 aliphatic carbocycles. The summed E-state index contributed by atoms with van der Waals surface area (Å²) in [5.74, 6) is -2.83. The number of fused-ring (bicyclic) bond motifs is 8. The number of rotatable bonds is 6. The van der Waals surface area contributed by atoms with Gasteiger partial charge in [0.05, 0.1) is 7.11 Å². The minimum Gasteiger partial charge on any atom is -0.661 e. The van der Waals surface area contributed by atoms with Crippen LogP contribution in [0.4, 0.5) is 0 Å². The van der Waals surface area contributed by atoms with Gasteiger partial charge in [0.1, 0.15) is 11.7 Å². The molecule has 0 radical (unpaired) electrons. The molecule has 9 nitrogen and oxygen atoms in total. The number of aliphatic hydroxyl groups is 1. The van der Waals surface area contributed by atoms with E-state index < -0.39 is 23.9 Å². The molecule has 3 aromatic rings. The van der Waals surface area contributed by atoms with Crippen molar-refractivity contribution in [2.75, 3.05) is 7.11 Å². The number of nitrogens with zero attached hydrogens (tertiary/aromatic N) is 4. The molecule has 45 heavy (non-hydrogen) atoms. The molecule has 1 saturated heterocycles. The Morgan fingerprint density at radius 2 is 1.78 bits per heavy atom. The number of aromatic nitrogens is 3. The van der Waals surface area contributed by atoms with Gasteiger partial charge in [-0.1, -0.05) is 84.7 Å². The average Bonchev–Trinajstić information content (AvgIpc) is 3.72. The molecular weight excluding hydrogens is 581 g/mol. The summed E-state index contributed by atoms with van der Waals surface area (Å²) in [7, 11) is 1.30. The summed E-state index contributed by atoms with van der Waals surface area (Å²) in [5, 5.41) is 29.2. The zero-order valence-electron chi connectivity index (χ0n) is 26.8. The number of hydrogen-bond donors (Lipinski definition) is 2. The smallest absolute Gasteiger partial charge is 0.661 e. The van der Waals surface area contributed by atoms with Gasteiger partial charge in [0.15, 0.2) is 0 Å². The first kappa shape index (κ1) is 32.9. The van der Waals surface area contributed by atoms with E-state index in [9.17, 15) is 19.8 Å². The van der Waals surface area contributed by atoms with Gasteiger partial charge in [-0.3, -0.25) is 9.59 Å². The Morgan fingerprint density at radius 3 is 2.42 bits per heavy atom. The quantitative estimate of drug-likeness (QED) is 0.312. The van der Waals surface area contributed by atoms with Crippen LogP contribution < -0.4 is 36.2 Å². The predicted octanol–water partition coefficient (Wildman–Crippen LogP) is 1.38. The van der Waals surface area contributed by atoms with Crippen LogP contribution in [0, 0.1) is 38.5 Å². The van der Waals surface area contributed by atoms with Crippen molar-refractivity contribution in [3.05, 3.63) is 78.1 Å². The van der Waals surface area contributed by atoms with E-state index in [2.05, 4.69) is 27.4 Å². The molecule has 10 heteroatoms. The van der Waals surface area contributed by atoms with Crippen LogP contribution >= 0.6 is 0 Å². The van der Waals surface area contributed by atoms with Gasteiger partial charge in [-0.25, -0.2) is 0 Å².